The Morgan fingerprint density at radius 2 is 2.00 bits per heavy atom. The van der Waals surface area contributed by atoms with E-state index in [1.54, 1.807) is 24.3 Å². The maximum absolute atomic E-state index is 12.5. The second kappa shape index (κ2) is 5.16. The summed E-state index contributed by atoms with van der Waals surface area (Å²) in [4.78, 5) is 12.5. The highest BCUT2D eigenvalue weighted by molar-refractivity contribution is 6.31. The lowest BCUT2D eigenvalue weighted by molar-refractivity contribution is 0.0349. The van der Waals surface area contributed by atoms with Crippen LogP contribution in [0.5, 0.6) is 0 Å². The van der Waals surface area contributed by atoms with Gasteiger partial charge in [0.15, 0.2) is 5.78 Å². The first kappa shape index (κ1) is 12.4. The molecule has 0 saturated carbocycles. The van der Waals surface area contributed by atoms with Crippen LogP contribution >= 0.6 is 11.6 Å². The third-order valence-electron chi connectivity index (χ3n) is 3.34. The number of carbonyl (C=O) groups excluding carboxylic acids is 1. The summed E-state index contributed by atoms with van der Waals surface area (Å²) < 4.78 is 5.67. The van der Waals surface area contributed by atoms with Gasteiger partial charge in [-0.1, -0.05) is 48.0 Å². The summed E-state index contributed by atoms with van der Waals surface area (Å²) in [6.07, 6.45) is 0.346. The molecular weight excluding hydrogens is 260 g/mol. The van der Waals surface area contributed by atoms with Gasteiger partial charge < -0.3 is 4.74 Å². The first-order chi connectivity index (χ1) is 9.25. The molecule has 19 heavy (non-hydrogen) atoms. The van der Waals surface area contributed by atoms with E-state index >= 15 is 0 Å². The van der Waals surface area contributed by atoms with Crippen molar-refractivity contribution in [3.05, 3.63) is 70.2 Å². The lowest BCUT2D eigenvalue weighted by Crippen LogP contribution is -2.23. The average molecular weight is 273 g/mol. The van der Waals surface area contributed by atoms with Crippen molar-refractivity contribution in [1.29, 1.82) is 0 Å². The van der Waals surface area contributed by atoms with Crippen molar-refractivity contribution < 1.29 is 9.53 Å². The van der Waals surface area contributed by atoms with Gasteiger partial charge in [0, 0.05) is 10.6 Å². The van der Waals surface area contributed by atoms with Gasteiger partial charge in [0.25, 0.3) is 0 Å². The van der Waals surface area contributed by atoms with Crippen LogP contribution in [0, 0.1) is 0 Å². The lowest BCUT2D eigenvalue weighted by atomic mass is 9.92. The van der Waals surface area contributed by atoms with Crippen molar-refractivity contribution in [2.75, 3.05) is 6.61 Å². The van der Waals surface area contributed by atoms with Gasteiger partial charge in [-0.3, -0.25) is 4.79 Å². The average Bonchev–Trinajstić information content (AvgIpc) is 2.46. The van der Waals surface area contributed by atoms with Gasteiger partial charge in [-0.25, -0.2) is 0 Å². The Morgan fingerprint density at radius 1 is 1.16 bits per heavy atom. The number of halogens is 1. The van der Waals surface area contributed by atoms with Crippen LogP contribution in [0.1, 0.15) is 27.6 Å². The molecule has 3 rings (SSSR count). The highest BCUT2D eigenvalue weighted by Gasteiger charge is 2.27. The molecule has 0 amide bonds. The smallest absolute Gasteiger partial charge is 0.196 e. The van der Waals surface area contributed by atoms with E-state index < -0.39 is 6.10 Å². The molecule has 2 aromatic carbocycles. The number of rotatable bonds is 2. The molecule has 0 aliphatic carbocycles. The molecule has 0 aromatic heterocycles. The predicted octanol–water partition coefficient (Wildman–Crippen LogP) is 3.84. The Kier molecular flexibility index (Phi) is 3.36. The van der Waals surface area contributed by atoms with Crippen molar-refractivity contribution >= 4 is 17.4 Å². The van der Waals surface area contributed by atoms with Gasteiger partial charge in [-0.15, -0.1) is 0 Å². The van der Waals surface area contributed by atoms with Gasteiger partial charge in [0.2, 0.25) is 0 Å². The van der Waals surface area contributed by atoms with Crippen molar-refractivity contribution in [2.24, 2.45) is 0 Å². The minimum Gasteiger partial charge on any atom is -0.365 e. The first-order valence-corrected chi connectivity index (χ1v) is 6.63. The first-order valence-electron chi connectivity index (χ1n) is 6.25. The second-order valence-electron chi connectivity index (χ2n) is 4.57. The zero-order valence-corrected chi connectivity index (χ0v) is 11.1. The van der Waals surface area contributed by atoms with Crippen LogP contribution in [-0.2, 0) is 11.2 Å². The molecule has 1 heterocycles. The summed E-state index contributed by atoms with van der Waals surface area (Å²) in [5.74, 6) is -0.0327. The van der Waals surface area contributed by atoms with E-state index in [0.717, 1.165) is 12.0 Å². The second-order valence-corrected chi connectivity index (χ2v) is 5.01. The minimum atomic E-state index is -0.511. The van der Waals surface area contributed by atoms with Crippen LogP contribution in [0.3, 0.4) is 0 Å². The molecule has 2 aromatic rings. The van der Waals surface area contributed by atoms with E-state index in [9.17, 15) is 4.79 Å². The highest BCUT2D eigenvalue weighted by Crippen LogP contribution is 2.30. The molecule has 0 spiro atoms. The van der Waals surface area contributed by atoms with E-state index in [-0.39, 0.29) is 5.78 Å². The lowest BCUT2D eigenvalue weighted by Gasteiger charge is -2.25. The fourth-order valence-electron chi connectivity index (χ4n) is 2.40. The maximum atomic E-state index is 12.5. The Labute approximate surface area is 117 Å². The SMILES string of the molecule is O=C(c1cccc(Cl)c1)C1OCCc2ccccc21. The maximum Gasteiger partial charge on any atom is 0.196 e. The van der Waals surface area contributed by atoms with Gasteiger partial charge in [-0.05, 0) is 29.7 Å². The van der Waals surface area contributed by atoms with E-state index in [0.29, 0.717) is 17.2 Å². The van der Waals surface area contributed by atoms with E-state index in [1.165, 1.54) is 5.56 Å². The highest BCUT2D eigenvalue weighted by atomic mass is 35.5. The number of Topliss-reactive ketones (excluding diaryl/α,β-unsaturated/α-hetero) is 1. The quantitative estimate of drug-likeness (QED) is 0.777. The largest absolute Gasteiger partial charge is 0.365 e. The van der Waals surface area contributed by atoms with Crippen molar-refractivity contribution in [1.82, 2.24) is 0 Å². The van der Waals surface area contributed by atoms with Crippen molar-refractivity contribution in [3.8, 4) is 0 Å². The Balaban J connectivity index is 1.98. The number of fused-ring (bicyclic) bond motifs is 1. The third kappa shape index (κ3) is 2.42. The number of carbonyl (C=O) groups is 1. The summed E-state index contributed by atoms with van der Waals surface area (Å²) in [6, 6.07) is 14.9. The molecule has 1 atom stereocenters. The number of hydrogen-bond donors (Lipinski definition) is 0. The monoisotopic (exact) mass is 272 g/mol. The van der Waals surface area contributed by atoms with Gasteiger partial charge >= 0.3 is 0 Å². The molecule has 96 valence electrons. The Morgan fingerprint density at radius 3 is 2.84 bits per heavy atom. The zero-order valence-electron chi connectivity index (χ0n) is 10.3. The molecule has 1 aliphatic rings. The Bertz CT molecular complexity index is 622. The fraction of sp³-hybridized carbons (Fsp3) is 0.188. The zero-order chi connectivity index (χ0) is 13.2. The molecule has 0 radical (unpaired) electrons. The predicted molar refractivity (Wildman–Crippen MR) is 74.6 cm³/mol. The van der Waals surface area contributed by atoms with Crippen LogP contribution in [0.15, 0.2) is 48.5 Å². The third-order valence-corrected chi connectivity index (χ3v) is 3.58. The summed E-state index contributed by atoms with van der Waals surface area (Å²) in [7, 11) is 0. The molecule has 0 bridgehead atoms. The van der Waals surface area contributed by atoms with Crippen LogP contribution in [0.25, 0.3) is 0 Å². The summed E-state index contributed by atoms with van der Waals surface area (Å²) in [5, 5.41) is 0.565. The Hall–Kier alpha value is -1.64. The van der Waals surface area contributed by atoms with Gasteiger partial charge in [-0.2, -0.15) is 0 Å². The summed E-state index contributed by atoms with van der Waals surface area (Å²) >= 11 is 5.94. The van der Waals surface area contributed by atoms with Crippen LogP contribution in [0.2, 0.25) is 5.02 Å². The normalized spacial score (nSPS) is 17.8. The van der Waals surface area contributed by atoms with E-state index in [2.05, 4.69) is 6.07 Å². The van der Waals surface area contributed by atoms with Crippen LogP contribution in [0.4, 0.5) is 0 Å². The molecule has 1 aliphatic heterocycles. The molecular formula is C16H13ClO2. The summed E-state index contributed by atoms with van der Waals surface area (Å²) in [6.45, 7) is 0.577. The van der Waals surface area contributed by atoms with Crippen molar-refractivity contribution in [3.63, 3.8) is 0 Å². The molecule has 0 fully saturated rings. The molecule has 1 unspecified atom stereocenters. The van der Waals surface area contributed by atoms with Crippen LogP contribution in [-0.4, -0.2) is 12.4 Å². The number of ether oxygens (including phenoxy) is 1. The molecule has 0 N–H and O–H groups in total. The molecule has 2 nitrogen and oxygen atoms in total. The fourth-order valence-corrected chi connectivity index (χ4v) is 2.59. The van der Waals surface area contributed by atoms with Crippen molar-refractivity contribution in [2.45, 2.75) is 12.5 Å². The molecule has 3 heteroatoms. The van der Waals surface area contributed by atoms with Gasteiger partial charge in [0.05, 0.1) is 6.61 Å². The number of benzene rings is 2. The van der Waals surface area contributed by atoms with Crippen LogP contribution < -0.4 is 0 Å². The standard InChI is InChI=1S/C16H13ClO2/c17-13-6-3-5-12(10-13)15(18)16-14-7-2-1-4-11(14)8-9-19-16/h1-7,10,16H,8-9H2. The number of hydrogen-bond acceptors (Lipinski definition) is 2. The van der Waals surface area contributed by atoms with E-state index in [4.69, 9.17) is 16.3 Å². The summed E-state index contributed by atoms with van der Waals surface area (Å²) in [5.41, 5.74) is 2.75. The topological polar surface area (TPSA) is 26.3 Å². The number of ketones is 1. The van der Waals surface area contributed by atoms with Gasteiger partial charge in [0.1, 0.15) is 6.10 Å². The van der Waals surface area contributed by atoms with E-state index in [1.807, 2.05) is 18.2 Å². The minimum absolute atomic E-state index is 0.0327. The molecule has 0 saturated heterocycles.